The van der Waals surface area contributed by atoms with Crippen LogP contribution in [0.2, 0.25) is 0 Å². The Labute approximate surface area is 50.3 Å². The fourth-order valence-electron chi connectivity index (χ4n) is 1.01. The third kappa shape index (κ3) is 1.34. The van der Waals surface area contributed by atoms with E-state index in [1.54, 1.807) is 0 Å². The van der Waals surface area contributed by atoms with Crippen LogP contribution in [0, 0.1) is 0 Å². The highest BCUT2D eigenvalue weighted by Gasteiger charge is 2.08. The van der Waals surface area contributed by atoms with Gasteiger partial charge in [0.05, 0.1) is 0 Å². The van der Waals surface area contributed by atoms with Crippen LogP contribution in [-0.2, 0) is 0 Å². The lowest BCUT2D eigenvalue weighted by Gasteiger charge is -2.09. The lowest BCUT2D eigenvalue weighted by Crippen LogP contribution is -2.12. The molecule has 1 rings (SSSR count). The molecule has 0 saturated carbocycles. The average Bonchev–Trinajstić information content (AvgIpc) is 1.90. The van der Waals surface area contributed by atoms with Crippen molar-refractivity contribution in [2.45, 2.75) is 25.4 Å². The molecule has 1 unspecified atom stereocenters. The fourth-order valence-corrected chi connectivity index (χ4v) is 1.01. The number of aliphatic hydroxyl groups is 2. The van der Waals surface area contributed by atoms with Crippen LogP contribution in [0.25, 0.3) is 0 Å². The molecular formula is C7H13O+. The van der Waals surface area contributed by atoms with Gasteiger partial charge >= 0.3 is 0 Å². The molecule has 1 aliphatic carbocycles. The zero-order valence-electron chi connectivity index (χ0n) is 5.30. The predicted octanol–water partition coefficient (Wildman–Crippen LogP) is 1.25. The van der Waals surface area contributed by atoms with Crippen LogP contribution >= 0.6 is 0 Å². The molecule has 1 heteroatoms. The van der Waals surface area contributed by atoms with Gasteiger partial charge in [0.2, 0.25) is 0 Å². The number of allylic oxidation sites excluding steroid dienone is 1. The molecule has 8 heavy (non-hydrogen) atoms. The first-order chi connectivity index (χ1) is 3.93. The van der Waals surface area contributed by atoms with Gasteiger partial charge in [-0.1, -0.05) is 6.08 Å². The Morgan fingerprint density at radius 1 is 1.62 bits per heavy atom. The summed E-state index contributed by atoms with van der Waals surface area (Å²) in [6.45, 7) is 0. The van der Waals surface area contributed by atoms with Crippen molar-refractivity contribution < 1.29 is 4.74 Å². The van der Waals surface area contributed by atoms with Crippen molar-refractivity contribution in [3.63, 3.8) is 0 Å². The zero-order chi connectivity index (χ0) is 5.82. The summed E-state index contributed by atoms with van der Waals surface area (Å²) in [6, 6.07) is 0. The van der Waals surface area contributed by atoms with Crippen molar-refractivity contribution in [2.75, 3.05) is 7.11 Å². The van der Waals surface area contributed by atoms with Crippen molar-refractivity contribution >= 4 is 0 Å². The number of rotatable bonds is 1. The molecule has 0 fully saturated rings. The molecule has 1 aliphatic rings. The minimum absolute atomic E-state index is 0.531. The fraction of sp³-hybridized carbons (Fsp3) is 0.714. The van der Waals surface area contributed by atoms with Crippen molar-refractivity contribution in [3.8, 4) is 0 Å². The van der Waals surface area contributed by atoms with Crippen LogP contribution in [0.4, 0.5) is 0 Å². The molecule has 0 spiro atoms. The van der Waals surface area contributed by atoms with E-state index in [9.17, 15) is 0 Å². The normalized spacial score (nSPS) is 28.4. The first-order valence-electron chi connectivity index (χ1n) is 3.19. The molecule has 0 radical (unpaired) electrons. The first-order valence-corrected chi connectivity index (χ1v) is 3.19. The van der Waals surface area contributed by atoms with Gasteiger partial charge in [0, 0.05) is 6.42 Å². The van der Waals surface area contributed by atoms with Gasteiger partial charge in [-0.25, -0.2) is 0 Å². The third-order valence-corrected chi connectivity index (χ3v) is 1.56. The smallest absolute Gasteiger partial charge is 0.173 e. The highest BCUT2D eigenvalue weighted by atomic mass is 16.5. The van der Waals surface area contributed by atoms with Crippen LogP contribution in [-0.4, -0.2) is 18.0 Å². The van der Waals surface area contributed by atoms with E-state index < -0.39 is 0 Å². The van der Waals surface area contributed by atoms with Crippen LogP contribution in [0.15, 0.2) is 12.2 Å². The van der Waals surface area contributed by atoms with Gasteiger partial charge in [-0.05, 0) is 18.9 Å². The number of hydrogen-bond acceptors (Lipinski definition) is 0. The highest BCUT2D eigenvalue weighted by Crippen LogP contribution is 2.10. The maximum Gasteiger partial charge on any atom is 0.173 e. The summed E-state index contributed by atoms with van der Waals surface area (Å²) in [5, 5.41) is 0. The number of ether oxygens (including phenoxy) is 1. The molecule has 0 saturated heterocycles. The molecule has 0 bridgehead atoms. The Hall–Kier alpha value is -0.300. The molecule has 0 aromatic carbocycles. The van der Waals surface area contributed by atoms with Gasteiger partial charge in [-0.2, -0.15) is 0 Å². The summed E-state index contributed by atoms with van der Waals surface area (Å²) in [5.41, 5.74) is 0. The van der Waals surface area contributed by atoms with E-state index >= 15 is 0 Å². The van der Waals surface area contributed by atoms with Crippen LogP contribution in [0.1, 0.15) is 19.3 Å². The Morgan fingerprint density at radius 2 is 2.50 bits per heavy atom. The standard InChI is InChI=1S/C7H12O/c1-8-7-5-3-2-4-6-7/h3,5,7H,2,4,6H2,1H3/p+1. The molecule has 1 nitrogen and oxygen atoms in total. The van der Waals surface area contributed by atoms with Crippen molar-refractivity contribution in [1.29, 1.82) is 0 Å². The minimum Gasteiger partial charge on any atom is -0.431 e. The summed E-state index contributed by atoms with van der Waals surface area (Å²) in [4.78, 5) is 0. The van der Waals surface area contributed by atoms with Gasteiger partial charge in [-0.3, -0.25) is 0 Å². The van der Waals surface area contributed by atoms with Gasteiger partial charge < -0.3 is 4.74 Å². The highest BCUT2D eigenvalue weighted by molar-refractivity contribution is 4.93. The summed E-state index contributed by atoms with van der Waals surface area (Å²) < 4.78 is 4.16. The van der Waals surface area contributed by atoms with Crippen LogP contribution < -0.4 is 0 Å². The summed E-state index contributed by atoms with van der Waals surface area (Å²) in [5.74, 6) is 0. The van der Waals surface area contributed by atoms with E-state index in [-0.39, 0.29) is 0 Å². The second kappa shape index (κ2) is 2.88. The maximum atomic E-state index is 4.16. The topological polar surface area (TPSA) is 12.8 Å². The predicted molar refractivity (Wildman–Crippen MR) is 34.9 cm³/mol. The minimum atomic E-state index is 0.531. The van der Waals surface area contributed by atoms with E-state index in [1.165, 1.54) is 19.3 Å². The SMILES string of the molecule is C[OH+]C1C=CCCC1. The molecule has 0 amide bonds. The molecule has 0 aliphatic heterocycles. The van der Waals surface area contributed by atoms with Crippen LogP contribution in [0.5, 0.6) is 0 Å². The molecule has 46 valence electrons. The van der Waals surface area contributed by atoms with E-state index in [1.807, 2.05) is 7.11 Å². The van der Waals surface area contributed by atoms with E-state index in [4.69, 9.17) is 0 Å². The van der Waals surface area contributed by atoms with Gasteiger partial charge in [-0.15, -0.1) is 0 Å². The summed E-state index contributed by atoms with van der Waals surface area (Å²) in [7, 11) is 1.89. The molecule has 0 aromatic heterocycles. The average molecular weight is 113 g/mol. The molecule has 0 aromatic rings. The Balaban J connectivity index is 2.32. The Bertz CT molecular complexity index is 86.4. The van der Waals surface area contributed by atoms with Gasteiger partial charge in [0.1, 0.15) is 7.11 Å². The molecule has 0 heterocycles. The zero-order valence-corrected chi connectivity index (χ0v) is 5.30. The summed E-state index contributed by atoms with van der Waals surface area (Å²) in [6.07, 6.45) is 8.78. The van der Waals surface area contributed by atoms with Gasteiger partial charge in [0.15, 0.2) is 6.10 Å². The van der Waals surface area contributed by atoms with Crippen molar-refractivity contribution in [1.82, 2.24) is 0 Å². The summed E-state index contributed by atoms with van der Waals surface area (Å²) >= 11 is 0. The van der Waals surface area contributed by atoms with Crippen LogP contribution in [0.3, 0.4) is 0 Å². The monoisotopic (exact) mass is 113 g/mol. The lowest BCUT2D eigenvalue weighted by atomic mass is 10.1. The van der Waals surface area contributed by atoms with Gasteiger partial charge in [0.25, 0.3) is 0 Å². The molecule has 1 N–H and O–H groups in total. The maximum absolute atomic E-state index is 4.16. The molecular weight excluding hydrogens is 100 g/mol. The molecule has 1 atom stereocenters. The first kappa shape index (κ1) is 5.83. The van der Waals surface area contributed by atoms with Crippen molar-refractivity contribution in [2.24, 2.45) is 0 Å². The third-order valence-electron chi connectivity index (χ3n) is 1.56. The van der Waals surface area contributed by atoms with E-state index in [2.05, 4.69) is 16.9 Å². The Kier molecular flexibility index (Phi) is 2.10. The lowest BCUT2D eigenvalue weighted by molar-refractivity contribution is -0.0389. The number of hydrogen-bond donors (Lipinski definition) is 0. The van der Waals surface area contributed by atoms with Crippen molar-refractivity contribution in [3.05, 3.63) is 12.2 Å². The second-order valence-corrected chi connectivity index (χ2v) is 2.18. The van der Waals surface area contributed by atoms with E-state index in [0.29, 0.717) is 6.10 Å². The Morgan fingerprint density at radius 3 is 2.88 bits per heavy atom. The quantitative estimate of drug-likeness (QED) is 0.358. The largest absolute Gasteiger partial charge is 0.431 e. The van der Waals surface area contributed by atoms with E-state index in [0.717, 1.165) is 0 Å². The second-order valence-electron chi connectivity index (χ2n) is 2.18.